The smallest absolute Gasteiger partial charge is 0.252 e. The highest BCUT2D eigenvalue weighted by Gasteiger charge is 2.22. The highest BCUT2D eigenvalue weighted by Crippen LogP contribution is 2.34. The second-order valence-corrected chi connectivity index (χ2v) is 7.18. The van der Waals surface area contributed by atoms with Gasteiger partial charge in [-0.3, -0.25) is 9.78 Å². The number of pyridine rings is 1. The van der Waals surface area contributed by atoms with Gasteiger partial charge in [-0.15, -0.1) is 0 Å². The molecule has 0 fully saturated rings. The van der Waals surface area contributed by atoms with Crippen molar-refractivity contribution in [3.63, 3.8) is 0 Å². The number of benzene rings is 3. The molecule has 5 rings (SSSR count). The Morgan fingerprint density at radius 3 is 2.67 bits per heavy atom. The van der Waals surface area contributed by atoms with E-state index in [1.807, 2.05) is 79.0 Å². The lowest BCUT2D eigenvalue weighted by Gasteiger charge is -2.21. The predicted octanol–water partition coefficient (Wildman–Crippen LogP) is 4.94. The SMILES string of the molecule is O=C(NC(c1ccccc1)c1ccc2cccnc2c1O)c1ccc2[nH]ccc2c1. The number of hydrogen-bond acceptors (Lipinski definition) is 3. The molecule has 0 bridgehead atoms. The molecule has 5 aromatic rings. The van der Waals surface area contributed by atoms with Gasteiger partial charge in [0.1, 0.15) is 11.3 Å². The molecule has 1 atom stereocenters. The summed E-state index contributed by atoms with van der Waals surface area (Å²) in [7, 11) is 0. The summed E-state index contributed by atoms with van der Waals surface area (Å²) in [6.45, 7) is 0. The molecule has 3 aromatic carbocycles. The van der Waals surface area contributed by atoms with Crippen molar-refractivity contribution in [3.05, 3.63) is 108 Å². The van der Waals surface area contributed by atoms with E-state index in [2.05, 4.69) is 15.3 Å². The van der Waals surface area contributed by atoms with Gasteiger partial charge in [0.05, 0.1) is 6.04 Å². The van der Waals surface area contributed by atoms with E-state index in [-0.39, 0.29) is 11.7 Å². The first-order valence-corrected chi connectivity index (χ1v) is 9.70. The van der Waals surface area contributed by atoms with Crippen molar-refractivity contribution in [3.8, 4) is 5.75 Å². The third-order valence-corrected chi connectivity index (χ3v) is 5.31. The van der Waals surface area contributed by atoms with Crippen LogP contribution in [0.1, 0.15) is 27.5 Å². The minimum Gasteiger partial charge on any atom is -0.505 e. The maximum absolute atomic E-state index is 13.1. The van der Waals surface area contributed by atoms with E-state index in [1.165, 1.54) is 0 Å². The Kier molecular flexibility index (Phi) is 4.41. The van der Waals surface area contributed by atoms with E-state index >= 15 is 0 Å². The number of rotatable bonds is 4. The molecule has 0 saturated heterocycles. The fourth-order valence-electron chi connectivity index (χ4n) is 3.77. The lowest BCUT2D eigenvalue weighted by Crippen LogP contribution is -2.29. The average molecular weight is 393 g/mol. The van der Waals surface area contributed by atoms with Crippen LogP contribution < -0.4 is 5.32 Å². The van der Waals surface area contributed by atoms with Crippen LogP contribution in [0.15, 0.2) is 91.3 Å². The van der Waals surface area contributed by atoms with Crippen molar-refractivity contribution in [1.29, 1.82) is 0 Å². The minimum absolute atomic E-state index is 0.0725. The van der Waals surface area contributed by atoms with Crippen LogP contribution in [0, 0.1) is 0 Å². The summed E-state index contributed by atoms with van der Waals surface area (Å²) < 4.78 is 0. The number of H-pyrrole nitrogens is 1. The highest BCUT2D eigenvalue weighted by atomic mass is 16.3. The lowest BCUT2D eigenvalue weighted by molar-refractivity contribution is 0.0943. The fourth-order valence-corrected chi connectivity index (χ4v) is 3.77. The van der Waals surface area contributed by atoms with Gasteiger partial charge in [0, 0.05) is 39.8 Å². The molecule has 30 heavy (non-hydrogen) atoms. The summed E-state index contributed by atoms with van der Waals surface area (Å²) >= 11 is 0. The molecule has 2 heterocycles. The van der Waals surface area contributed by atoms with Gasteiger partial charge < -0.3 is 15.4 Å². The quantitative estimate of drug-likeness (QED) is 0.405. The molecule has 0 aliphatic carbocycles. The maximum Gasteiger partial charge on any atom is 0.252 e. The lowest BCUT2D eigenvalue weighted by atomic mass is 9.96. The Labute approximate surface area is 173 Å². The molecule has 5 nitrogen and oxygen atoms in total. The Balaban J connectivity index is 1.57. The number of aromatic nitrogens is 2. The van der Waals surface area contributed by atoms with Gasteiger partial charge >= 0.3 is 0 Å². The summed E-state index contributed by atoms with van der Waals surface area (Å²) in [5, 5.41) is 15.9. The zero-order valence-corrected chi connectivity index (χ0v) is 16.0. The number of hydrogen-bond donors (Lipinski definition) is 3. The number of amides is 1. The van der Waals surface area contributed by atoms with Crippen LogP contribution in [0.2, 0.25) is 0 Å². The van der Waals surface area contributed by atoms with E-state index in [0.29, 0.717) is 16.6 Å². The molecule has 2 aromatic heterocycles. The number of nitrogens with one attached hydrogen (secondary N) is 2. The number of nitrogens with zero attached hydrogens (tertiary/aromatic N) is 1. The molecule has 0 aliphatic rings. The van der Waals surface area contributed by atoms with Crippen LogP contribution in [0.5, 0.6) is 5.75 Å². The van der Waals surface area contributed by atoms with Crippen molar-refractivity contribution in [2.75, 3.05) is 0 Å². The molecule has 0 saturated carbocycles. The van der Waals surface area contributed by atoms with Gasteiger partial charge in [-0.1, -0.05) is 48.5 Å². The van der Waals surface area contributed by atoms with Crippen LogP contribution in [0.3, 0.4) is 0 Å². The van der Waals surface area contributed by atoms with E-state index in [1.54, 1.807) is 12.3 Å². The molecule has 3 N–H and O–H groups in total. The van der Waals surface area contributed by atoms with Gasteiger partial charge in [0.2, 0.25) is 0 Å². The first kappa shape index (κ1) is 17.9. The number of phenols is 1. The number of carbonyl (C=O) groups is 1. The minimum atomic E-state index is -0.521. The van der Waals surface area contributed by atoms with Crippen LogP contribution in [-0.4, -0.2) is 21.0 Å². The Morgan fingerprint density at radius 2 is 1.80 bits per heavy atom. The topological polar surface area (TPSA) is 78.0 Å². The van der Waals surface area contributed by atoms with Crippen molar-refractivity contribution in [2.45, 2.75) is 6.04 Å². The van der Waals surface area contributed by atoms with E-state index in [4.69, 9.17) is 0 Å². The number of aromatic amines is 1. The zero-order chi connectivity index (χ0) is 20.5. The third kappa shape index (κ3) is 3.16. The van der Waals surface area contributed by atoms with Crippen molar-refractivity contribution in [1.82, 2.24) is 15.3 Å². The molecule has 0 aliphatic heterocycles. The summed E-state index contributed by atoms with van der Waals surface area (Å²) in [6, 6.07) is 24.0. The normalized spacial score (nSPS) is 12.1. The molecule has 5 heteroatoms. The molecule has 0 spiro atoms. The first-order chi connectivity index (χ1) is 14.7. The number of aromatic hydroxyl groups is 1. The second-order valence-electron chi connectivity index (χ2n) is 7.18. The van der Waals surface area contributed by atoms with Crippen molar-refractivity contribution < 1.29 is 9.90 Å². The molecular formula is C25H19N3O2. The van der Waals surface area contributed by atoms with E-state index < -0.39 is 6.04 Å². The predicted molar refractivity (Wildman–Crippen MR) is 117 cm³/mol. The van der Waals surface area contributed by atoms with Gasteiger partial charge in [-0.05, 0) is 35.9 Å². The molecule has 0 radical (unpaired) electrons. The Hall–Kier alpha value is -4.12. The van der Waals surface area contributed by atoms with E-state index in [0.717, 1.165) is 21.9 Å². The van der Waals surface area contributed by atoms with E-state index in [9.17, 15) is 9.90 Å². The first-order valence-electron chi connectivity index (χ1n) is 9.70. The van der Waals surface area contributed by atoms with Gasteiger partial charge in [-0.25, -0.2) is 0 Å². The highest BCUT2D eigenvalue weighted by molar-refractivity contribution is 5.98. The summed E-state index contributed by atoms with van der Waals surface area (Å²) in [5.74, 6) is -0.143. The standard InChI is InChI=1S/C25H19N3O2/c29-24-20(10-8-17-7-4-13-27-23(17)24)22(16-5-2-1-3-6-16)28-25(30)19-9-11-21-18(15-19)12-14-26-21/h1-15,22,26,29H,(H,28,30). The number of fused-ring (bicyclic) bond motifs is 2. The number of phenolic OH excluding ortho intramolecular Hbond substituents is 1. The largest absolute Gasteiger partial charge is 0.505 e. The average Bonchev–Trinajstić information content (AvgIpc) is 3.27. The molecule has 146 valence electrons. The molecular weight excluding hydrogens is 374 g/mol. The maximum atomic E-state index is 13.1. The molecule has 1 amide bonds. The van der Waals surface area contributed by atoms with Crippen LogP contribution in [0.25, 0.3) is 21.8 Å². The van der Waals surface area contributed by atoms with Gasteiger partial charge in [0.25, 0.3) is 5.91 Å². The summed E-state index contributed by atoms with van der Waals surface area (Å²) in [6.07, 6.45) is 3.49. The summed E-state index contributed by atoms with van der Waals surface area (Å²) in [5.41, 5.74) is 3.52. The van der Waals surface area contributed by atoms with Crippen LogP contribution in [0.4, 0.5) is 0 Å². The monoisotopic (exact) mass is 393 g/mol. The Morgan fingerprint density at radius 1 is 0.933 bits per heavy atom. The van der Waals surface area contributed by atoms with Gasteiger partial charge in [0.15, 0.2) is 0 Å². The van der Waals surface area contributed by atoms with Gasteiger partial charge in [-0.2, -0.15) is 0 Å². The van der Waals surface area contributed by atoms with Crippen LogP contribution >= 0.6 is 0 Å². The second kappa shape index (κ2) is 7.37. The van der Waals surface area contributed by atoms with Crippen molar-refractivity contribution in [2.24, 2.45) is 0 Å². The summed E-state index contributed by atoms with van der Waals surface area (Å²) in [4.78, 5) is 20.6. The van der Waals surface area contributed by atoms with Crippen molar-refractivity contribution >= 4 is 27.7 Å². The fraction of sp³-hybridized carbons (Fsp3) is 0.0400. The third-order valence-electron chi connectivity index (χ3n) is 5.31. The molecule has 1 unspecified atom stereocenters. The zero-order valence-electron chi connectivity index (χ0n) is 16.0. The Bertz CT molecular complexity index is 1360. The number of carbonyl (C=O) groups excluding carboxylic acids is 1. The van der Waals surface area contributed by atoms with Crippen LogP contribution in [-0.2, 0) is 0 Å².